The van der Waals surface area contributed by atoms with Gasteiger partial charge in [-0.15, -0.1) is 5.10 Å². The Morgan fingerprint density at radius 3 is 2.47 bits per heavy atom. The van der Waals surface area contributed by atoms with E-state index in [9.17, 15) is 14.5 Å². The number of halogens is 1. The van der Waals surface area contributed by atoms with Crippen LogP contribution in [-0.4, -0.2) is 56.2 Å². The second-order valence-corrected chi connectivity index (χ2v) is 7.99. The summed E-state index contributed by atoms with van der Waals surface area (Å²) in [6, 6.07) is 16.3. The van der Waals surface area contributed by atoms with Crippen LogP contribution in [0.5, 0.6) is 0 Å². The summed E-state index contributed by atoms with van der Waals surface area (Å²) in [7, 11) is 0. The van der Waals surface area contributed by atoms with Crippen molar-refractivity contribution in [3.05, 3.63) is 100 Å². The van der Waals surface area contributed by atoms with Crippen molar-refractivity contribution in [2.75, 3.05) is 31.1 Å². The highest BCUT2D eigenvalue weighted by Gasteiger charge is 2.32. The van der Waals surface area contributed by atoms with Gasteiger partial charge in [0.15, 0.2) is 5.82 Å². The van der Waals surface area contributed by atoms with Crippen molar-refractivity contribution in [2.45, 2.75) is 12.6 Å². The Morgan fingerprint density at radius 1 is 1.03 bits per heavy atom. The van der Waals surface area contributed by atoms with Crippen molar-refractivity contribution < 1.29 is 13.7 Å². The van der Waals surface area contributed by atoms with Gasteiger partial charge in [0.25, 0.3) is 5.69 Å². The summed E-state index contributed by atoms with van der Waals surface area (Å²) in [6.45, 7) is 2.93. The number of hydrogen-bond acceptors (Lipinski definition) is 8. The molecule has 2 aromatic carbocycles. The fraction of sp³-hybridized carbons (Fsp3) is 0.261. The number of hydrogen-bond donors (Lipinski definition) is 0. The van der Waals surface area contributed by atoms with Crippen molar-refractivity contribution >= 4 is 11.4 Å². The standard InChI is InChI=1S/C23H22FN7O3/c24-21-6-2-1-5-20(21)22(23-25-26-27-30(23)16-19-4-3-15-34-19)29-13-11-28(12-14-29)17-7-9-18(10-8-17)31(32)33/h1-10,15,22H,11-14,16H2/t22-/m1/s1. The Kier molecular flexibility index (Phi) is 6.00. The van der Waals surface area contributed by atoms with Gasteiger partial charge in [-0.2, -0.15) is 0 Å². The Balaban J connectivity index is 1.40. The fourth-order valence-electron chi connectivity index (χ4n) is 4.29. The van der Waals surface area contributed by atoms with E-state index < -0.39 is 11.0 Å². The first-order valence-electron chi connectivity index (χ1n) is 10.9. The van der Waals surface area contributed by atoms with Crippen LogP contribution < -0.4 is 4.90 Å². The molecule has 0 N–H and O–H groups in total. The molecule has 10 nitrogen and oxygen atoms in total. The lowest BCUT2D eigenvalue weighted by Crippen LogP contribution is -2.48. The van der Waals surface area contributed by atoms with E-state index in [2.05, 4.69) is 25.3 Å². The lowest BCUT2D eigenvalue weighted by atomic mass is 10.0. The third-order valence-electron chi connectivity index (χ3n) is 5.99. The van der Waals surface area contributed by atoms with Gasteiger partial charge in [-0.3, -0.25) is 15.0 Å². The van der Waals surface area contributed by atoms with Gasteiger partial charge in [0.2, 0.25) is 0 Å². The van der Waals surface area contributed by atoms with Crippen LogP contribution in [0.2, 0.25) is 0 Å². The minimum absolute atomic E-state index is 0.0606. The normalized spacial score (nSPS) is 15.4. The van der Waals surface area contributed by atoms with Crippen LogP contribution in [-0.2, 0) is 6.54 Å². The zero-order valence-corrected chi connectivity index (χ0v) is 18.2. The van der Waals surface area contributed by atoms with Crippen molar-refractivity contribution in [3.63, 3.8) is 0 Å². The highest BCUT2D eigenvalue weighted by molar-refractivity contribution is 5.51. The quantitative estimate of drug-likeness (QED) is 0.304. The number of nitro groups is 1. The van der Waals surface area contributed by atoms with Gasteiger partial charge in [0.05, 0.1) is 11.2 Å². The van der Waals surface area contributed by atoms with Gasteiger partial charge in [-0.1, -0.05) is 18.2 Å². The molecule has 2 aromatic heterocycles. The highest BCUT2D eigenvalue weighted by atomic mass is 19.1. The average Bonchev–Trinajstić information content (AvgIpc) is 3.54. The lowest BCUT2D eigenvalue weighted by Gasteiger charge is -2.39. The van der Waals surface area contributed by atoms with E-state index >= 15 is 0 Å². The predicted molar refractivity (Wildman–Crippen MR) is 121 cm³/mol. The largest absolute Gasteiger partial charge is 0.467 e. The van der Waals surface area contributed by atoms with E-state index in [-0.39, 0.29) is 11.5 Å². The summed E-state index contributed by atoms with van der Waals surface area (Å²) in [5.74, 6) is 0.909. The lowest BCUT2D eigenvalue weighted by molar-refractivity contribution is -0.384. The van der Waals surface area contributed by atoms with E-state index in [1.54, 1.807) is 47.3 Å². The minimum atomic E-state index is -0.481. The van der Waals surface area contributed by atoms with E-state index in [1.807, 2.05) is 6.07 Å². The molecular formula is C23H22FN7O3. The SMILES string of the molecule is O=[N+]([O-])c1ccc(N2CCN([C@H](c3ccccc3F)c3nnnn3Cc3ccco3)CC2)cc1. The van der Waals surface area contributed by atoms with E-state index in [0.29, 0.717) is 49.9 Å². The second kappa shape index (κ2) is 9.40. The number of nitro benzene ring substituents is 1. The number of piperazine rings is 1. The molecule has 4 aromatic rings. The van der Waals surface area contributed by atoms with Crippen molar-refractivity contribution in [2.24, 2.45) is 0 Å². The Hall–Kier alpha value is -4.12. The Morgan fingerprint density at radius 2 is 1.79 bits per heavy atom. The molecule has 34 heavy (non-hydrogen) atoms. The molecule has 174 valence electrons. The summed E-state index contributed by atoms with van der Waals surface area (Å²) in [6.07, 6.45) is 1.59. The molecule has 1 aliphatic heterocycles. The number of furan rings is 1. The molecule has 11 heteroatoms. The number of benzene rings is 2. The molecule has 5 rings (SSSR count). The molecule has 0 radical (unpaired) electrons. The number of nitrogens with zero attached hydrogens (tertiary/aromatic N) is 7. The maximum absolute atomic E-state index is 15.0. The zero-order valence-electron chi connectivity index (χ0n) is 18.2. The number of non-ortho nitro benzene ring substituents is 1. The van der Waals surface area contributed by atoms with Crippen LogP contribution in [0, 0.1) is 15.9 Å². The molecule has 0 amide bonds. The first-order valence-corrected chi connectivity index (χ1v) is 10.9. The Labute approximate surface area is 194 Å². The topological polar surface area (TPSA) is 106 Å². The molecule has 0 aliphatic carbocycles. The predicted octanol–water partition coefficient (Wildman–Crippen LogP) is 3.27. The summed E-state index contributed by atoms with van der Waals surface area (Å²) in [4.78, 5) is 14.8. The average molecular weight is 463 g/mol. The summed E-state index contributed by atoms with van der Waals surface area (Å²) in [5.41, 5.74) is 1.47. The van der Waals surface area contributed by atoms with Crippen molar-refractivity contribution in [1.82, 2.24) is 25.1 Å². The molecule has 0 saturated carbocycles. The molecule has 1 atom stereocenters. The van der Waals surface area contributed by atoms with Crippen molar-refractivity contribution in [3.8, 4) is 0 Å². The number of aromatic nitrogens is 4. The van der Waals surface area contributed by atoms with Crippen LogP contribution in [0.25, 0.3) is 0 Å². The molecule has 1 aliphatic rings. The maximum atomic E-state index is 15.0. The van der Waals surface area contributed by atoms with Gasteiger partial charge in [0.1, 0.15) is 24.2 Å². The first-order chi connectivity index (χ1) is 16.6. The third kappa shape index (κ3) is 4.37. The molecular weight excluding hydrogens is 441 g/mol. The molecule has 3 heterocycles. The van der Waals surface area contributed by atoms with Gasteiger partial charge >= 0.3 is 0 Å². The third-order valence-corrected chi connectivity index (χ3v) is 5.99. The van der Waals surface area contributed by atoms with E-state index in [0.717, 1.165) is 5.69 Å². The van der Waals surface area contributed by atoms with Crippen molar-refractivity contribution in [1.29, 1.82) is 0 Å². The van der Waals surface area contributed by atoms with Crippen LogP contribution in [0.4, 0.5) is 15.8 Å². The molecule has 0 spiro atoms. The number of tetrazole rings is 1. The van der Waals surface area contributed by atoms with Crippen LogP contribution in [0.1, 0.15) is 23.2 Å². The molecule has 1 saturated heterocycles. The summed E-state index contributed by atoms with van der Waals surface area (Å²) >= 11 is 0. The smallest absolute Gasteiger partial charge is 0.269 e. The molecule has 0 bridgehead atoms. The summed E-state index contributed by atoms with van der Waals surface area (Å²) in [5, 5.41) is 23.2. The molecule has 0 unspecified atom stereocenters. The van der Waals surface area contributed by atoms with Crippen LogP contribution in [0.3, 0.4) is 0 Å². The fourth-order valence-corrected chi connectivity index (χ4v) is 4.29. The highest BCUT2D eigenvalue weighted by Crippen LogP contribution is 2.31. The monoisotopic (exact) mass is 463 g/mol. The minimum Gasteiger partial charge on any atom is -0.467 e. The van der Waals surface area contributed by atoms with Gasteiger partial charge in [0, 0.05) is 49.6 Å². The number of rotatable bonds is 7. The molecule has 1 fully saturated rings. The van der Waals surface area contributed by atoms with E-state index in [1.165, 1.54) is 18.2 Å². The Bertz CT molecular complexity index is 1250. The van der Waals surface area contributed by atoms with Crippen LogP contribution in [0.15, 0.2) is 71.3 Å². The number of anilines is 1. The zero-order chi connectivity index (χ0) is 23.5. The van der Waals surface area contributed by atoms with E-state index in [4.69, 9.17) is 4.42 Å². The van der Waals surface area contributed by atoms with Gasteiger partial charge in [-0.05, 0) is 40.8 Å². The first kappa shape index (κ1) is 21.7. The summed E-state index contributed by atoms with van der Waals surface area (Å²) < 4.78 is 22.0. The van der Waals surface area contributed by atoms with Gasteiger partial charge in [-0.25, -0.2) is 9.07 Å². The van der Waals surface area contributed by atoms with Crippen LogP contribution >= 0.6 is 0 Å². The maximum Gasteiger partial charge on any atom is 0.269 e. The van der Waals surface area contributed by atoms with Gasteiger partial charge < -0.3 is 9.32 Å². The second-order valence-electron chi connectivity index (χ2n) is 7.99.